The normalized spacial score (nSPS) is 11.3. The largest absolute Gasteiger partial charge is 0.495 e. The molecule has 2 N–H and O–H groups in total. The third-order valence-electron chi connectivity index (χ3n) is 2.25. The Morgan fingerprint density at radius 1 is 1.39 bits per heavy atom. The quantitative estimate of drug-likeness (QED) is 0.753. The minimum atomic E-state index is -3.40. The van der Waals surface area contributed by atoms with Gasteiger partial charge in [-0.2, -0.15) is 0 Å². The van der Waals surface area contributed by atoms with E-state index in [0.29, 0.717) is 29.3 Å². The van der Waals surface area contributed by atoms with E-state index in [1.54, 1.807) is 12.1 Å². The molecule has 1 aromatic rings. The Balaban J connectivity index is 2.69. The Morgan fingerprint density at radius 3 is 2.67 bits per heavy atom. The van der Waals surface area contributed by atoms with Gasteiger partial charge in [-0.3, -0.25) is 4.72 Å². The topological polar surface area (TPSA) is 75.6 Å². The maximum atomic E-state index is 11.7. The van der Waals surface area contributed by atoms with Gasteiger partial charge in [0.2, 0.25) is 10.0 Å². The van der Waals surface area contributed by atoms with Gasteiger partial charge in [0.15, 0.2) is 0 Å². The van der Waals surface area contributed by atoms with Gasteiger partial charge in [0.1, 0.15) is 5.75 Å². The number of ether oxygens (including phenoxy) is 1. The Hall–Kier alpha value is -0.980. The molecule has 5 nitrogen and oxygen atoms in total. The predicted molar refractivity (Wildman–Crippen MR) is 71.7 cm³/mol. The van der Waals surface area contributed by atoms with E-state index in [9.17, 15) is 8.42 Å². The van der Waals surface area contributed by atoms with Crippen molar-refractivity contribution in [2.75, 3.05) is 24.2 Å². The van der Waals surface area contributed by atoms with Gasteiger partial charge >= 0.3 is 0 Å². The number of aliphatic hydroxyl groups excluding tert-OH is 1. The van der Waals surface area contributed by atoms with Crippen LogP contribution in [-0.2, 0) is 10.0 Å². The first-order chi connectivity index (χ1) is 8.48. The lowest BCUT2D eigenvalue weighted by Crippen LogP contribution is -2.16. The minimum Gasteiger partial charge on any atom is -0.495 e. The Morgan fingerprint density at radius 2 is 2.11 bits per heavy atom. The van der Waals surface area contributed by atoms with Crippen molar-refractivity contribution in [1.29, 1.82) is 0 Å². The zero-order chi connectivity index (χ0) is 13.6. The maximum Gasteiger partial charge on any atom is 0.232 e. The first kappa shape index (κ1) is 15.1. The second-order valence-corrected chi connectivity index (χ2v) is 5.95. The molecule has 0 aliphatic carbocycles. The molecule has 0 aromatic heterocycles. The van der Waals surface area contributed by atoms with Gasteiger partial charge in [-0.05, 0) is 31.0 Å². The van der Waals surface area contributed by atoms with Crippen molar-refractivity contribution < 1.29 is 18.3 Å². The summed E-state index contributed by atoms with van der Waals surface area (Å²) in [5.41, 5.74) is 0.393. The average molecular weight is 294 g/mol. The van der Waals surface area contributed by atoms with Crippen LogP contribution < -0.4 is 9.46 Å². The molecule has 0 amide bonds. The summed E-state index contributed by atoms with van der Waals surface area (Å²) in [6.07, 6.45) is 0.875. The highest BCUT2D eigenvalue weighted by Gasteiger charge is 2.11. The summed E-state index contributed by atoms with van der Waals surface area (Å²) >= 11 is 5.89. The number of benzene rings is 1. The van der Waals surface area contributed by atoms with E-state index in [1.165, 1.54) is 13.2 Å². The van der Waals surface area contributed by atoms with Crippen LogP contribution in [0.25, 0.3) is 0 Å². The Kier molecular flexibility index (Phi) is 5.71. The van der Waals surface area contributed by atoms with Crippen molar-refractivity contribution in [2.45, 2.75) is 12.8 Å². The van der Waals surface area contributed by atoms with Crippen LogP contribution in [0.2, 0.25) is 5.02 Å². The van der Waals surface area contributed by atoms with Crippen LogP contribution in [0, 0.1) is 0 Å². The fraction of sp³-hybridized carbons (Fsp3) is 0.455. The third-order valence-corrected chi connectivity index (χ3v) is 3.91. The van der Waals surface area contributed by atoms with Crippen LogP contribution in [0.1, 0.15) is 12.8 Å². The number of hydrogen-bond donors (Lipinski definition) is 2. The molecule has 102 valence electrons. The molecule has 1 aromatic carbocycles. The molecule has 0 unspecified atom stereocenters. The van der Waals surface area contributed by atoms with E-state index in [0.717, 1.165) is 0 Å². The van der Waals surface area contributed by atoms with Crippen molar-refractivity contribution >= 4 is 27.3 Å². The SMILES string of the molecule is COc1ccc(NS(=O)(=O)CCCCO)cc1Cl. The van der Waals surface area contributed by atoms with Gasteiger partial charge in [0, 0.05) is 6.61 Å². The first-order valence-electron chi connectivity index (χ1n) is 5.43. The highest BCUT2D eigenvalue weighted by molar-refractivity contribution is 7.92. The Bertz CT molecular complexity index is 490. The molecule has 0 spiro atoms. The third kappa shape index (κ3) is 4.72. The number of halogens is 1. The molecule has 0 fully saturated rings. The zero-order valence-electron chi connectivity index (χ0n) is 10.0. The Labute approximate surface area is 112 Å². The van der Waals surface area contributed by atoms with Gasteiger partial charge in [-0.1, -0.05) is 11.6 Å². The molecule has 1 rings (SSSR count). The average Bonchev–Trinajstić information content (AvgIpc) is 2.29. The standard InChI is InChI=1S/C11H16ClNO4S/c1-17-11-5-4-9(8-10(11)12)13-18(15,16)7-3-2-6-14/h4-5,8,13-14H,2-3,6-7H2,1H3. The zero-order valence-corrected chi connectivity index (χ0v) is 11.6. The lowest BCUT2D eigenvalue weighted by Gasteiger charge is -2.09. The molecule has 0 heterocycles. The highest BCUT2D eigenvalue weighted by Crippen LogP contribution is 2.27. The molecular formula is C11H16ClNO4S. The van der Waals surface area contributed by atoms with Crippen LogP contribution in [0.4, 0.5) is 5.69 Å². The summed E-state index contributed by atoms with van der Waals surface area (Å²) in [7, 11) is -1.92. The van der Waals surface area contributed by atoms with Gasteiger partial charge < -0.3 is 9.84 Å². The molecule has 0 bridgehead atoms. The molecule has 18 heavy (non-hydrogen) atoms. The number of sulfonamides is 1. The number of methoxy groups -OCH3 is 1. The second-order valence-electron chi connectivity index (χ2n) is 3.70. The summed E-state index contributed by atoms with van der Waals surface area (Å²) in [6.45, 7) is -0.0100. The molecule has 0 atom stereocenters. The lowest BCUT2D eigenvalue weighted by atomic mass is 10.3. The molecule has 0 radical (unpaired) electrons. The lowest BCUT2D eigenvalue weighted by molar-refractivity contribution is 0.287. The van der Waals surface area contributed by atoms with E-state index in [1.807, 2.05) is 0 Å². The van der Waals surface area contributed by atoms with E-state index in [2.05, 4.69) is 4.72 Å². The first-order valence-corrected chi connectivity index (χ1v) is 7.46. The summed E-state index contributed by atoms with van der Waals surface area (Å²) in [4.78, 5) is 0. The molecule has 0 saturated carbocycles. The maximum absolute atomic E-state index is 11.7. The number of anilines is 1. The van der Waals surface area contributed by atoms with Crippen LogP contribution in [-0.4, -0.2) is 33.0 Å². The van der Waals surface area contributed by atoms with E-state index >= 15 is 0 Å². The number of hydrogen-bond acceptors (Lipinski definition) is 4. The fourth-order valence-corrected chi connectivity index (χ4v) is 2.79. The van der Waals surface area contributed by atoms with Crippen LogP contribution in [0.5, 0.6) is 5.75 Å². The number of aliphatic hydroxyl groups is 1. The van der Waals surface area contributed by atoms with E-state index in [4.69, 9.17) is 21.4 Å². The summed E-state index contributed by atoms with van der Waals surface area (Å²) in [6, 6.07) is 4.66. The van der Waals surface area contributed by atoms with E-state index < -0.39 is 10.0 Å². The minimum absolute atomic E-state index is 0.0100. The van der Waals surface area contributed by atoms with Gasteiger partial charge in [0.25, 0.3) is 0 Å². The van der Waals surface area contributed by atoms with Crippen molar-refractivity contribution in [3.05, 3.63) is 23.2 Å². The number of rotatable bonds is 7. The smallest absolute Gasteiger partial charge is 0.232 e. The summed E-state index contributed by atoms with van der Waals surface area (Å²) in [5, 5.41) is 8.94. The van der Waals surface area contributed by atoms with Gasteiger partial charge in [0.05, 0.1) is 23.6 Å². The molecule has 0 aliphatic heterocycles. The second kappa shape index (κ2) is 6.82. The molecule has 0 aliphatic rings. The number of unbranched alkanes of at least 4 members (excludes halogenated alkanes) is 1. The van der Waals surface area contributed by atoms with Crippen molar-refractivity contribution in [1.82, 2.24) is 0 Å². The van der Waals surface area contributed by atoms with Gasteiger partial charge in [-0.15, -0.1) is 0 Å². The molecular weight excluding hydrogens is 278 g/mol. The monoisotopic (exact) mass is 293 g/mol. The summed E-state index contributed by atoms with van der Waals surface area (Å²) in [5.74, 6) is 0.455. The van der Waals surface area contributed by atoms with Crippen molar-refractivity contribution in [2.24, 2.45) is 0 Å². The van der Waals surface area contributed by atoms with Gasteiger partial charge in [-0.25, -0.2) is 8.42 Å². The van der Waals surface area contributed by atoms with Crippen molar-refractivity contribution in [3.63, 3.8) is 0 Å². The van der Waals surface area contributed by atoms with Crippen LogP contribution in [0.3, 0.4) is 0 Å². The van der Waals surface area contributed by atoms with E-state index in [-0.39, 0.29) is 12.4 Å². The molecule has 7 heteroatoms. The van der Waals surface area contributed by atoms with Crippen LogP contribution in [0.15, 0.2) is 18.2 Å². The highest BCUT2D eigenvalue weighted by atomic mass is 35.5. The predicted octanol–water partition coefficient (Wildman–Crippen LogP) is 1.86. The van der Waals surface area contributed by atoms with Crippen molar-refractivity contribution in [3.8, 4) is 5.75 Å². The van der Waals surface area contributed by atoms with Crippen LogP contribution >= 0.6 is 11.6 Å². The summed E-state index contributed by atoms with van der Waals surface area (Å²) < 4.78 is 30.7. The number of nitrogens with one attached hydrogen (secondary N) is 1. The fourth-order valence-electron chi connectivity index (χ4n) is 1.36. The molecule has 0 saturated heterocycles.